The van der Waals surface area contributed by atoms with Crippen LogP contribution in [-0.4, -0.2) is 13.7 Å². The molecule has 2 N–H and O–H groups in total. The van der Waals surface area contributed by atoms with Gasteiger partial charge < -0.3 is 15.2 Å². The van der Waals surface area contributed by atoms with E-state index in [0.29, 0.717) is 13.2 Å². The highest BCUT2D eigenvalue weighted by molar-refractivity contribution is 9.10. The lowest BCUT2D eigenvalue weighted by molar-refractivity contribution is 0.284. The summed E-state index contributed by atoms with van der Waals surface area (Å²) >= 11 is 3.42. The Hall–Kier alpha value is -1.52. The van der Waals surface area contributed by atoms with Crippen molar-refractivity contribution in [2.45, 2.75) is 13.0 Å². The van der Waals surface area contributed by atoms with Gasteiger partial charge in [-0.25, -0.2) is 0 Å². The molecule has 0 spiro atoms. The third-order valence-electron chi connectivity index (χ3n) is 2.97. The van der Waals surface area contributed by atoms with Crippen LogP contribution in [0.15, 0.2) is 46.9 Å². The maximum absolute atomic E-state index is 5.86. The summed E-state index contributed by atoms with van der Waals surface area (Å²) in [6.45, 7) is 1.13. The van der Waals surface area contributed by atoms with Crippen molar-refractivity contribution in [2.24, 2.45) is 5.73 Å². The maximum atomic E-state index is 5.86. The highest BCUT2D eigenvalue weighted by Crippen LogP contribution is 2.29. The summed E-state index contributed by atoms with van der Waals surface area (Å²) in [5.74, 6) is 1.49. The molecule has 0 saturated heterocycles. The lowest BCUT2D eigenvalue weighted by atomic mass is 10.1. The van der Waals surface area contributed by atoms with Crippen molar-refractivity contribution in [1.82, 2.24) is 0 Å². The second-order valence-electron chi connectivity index (χ2n) is 4.44. The van der Waals surface area contributed by atoms with Crippen LogP contribution in [0.1, 0.15) is 11.1 Å². The second-order valence-corrected chi connectivity index (χ2v) is 5.35. The molecular weight excluding hydrogens is 318 g/mol. The van der Waals surface area contributed by atoms with Gasteiger partial charge in [0.1, 0.15) is 6.61 Å². The van der Waals surface area contributed by atoms with E-state index in [4.69, 9.17) is 15.2 Å². The first-order valence-corrected chi connectivity index (χ1v) is 7.26. The van der Waals surface area contributed by atoms with Gasteiger partial charge in [-0.15, -0.1) is 0 Å². The number of nitrogens with two attached hydrogens (primary N) is 1. The Bertz CT molecular complexity index is 555. The first-order chi connectivity index (χ1) is 9.72. The molecular formula is C16H18BrNO2. The average Bonchev–Trinajstić information content (AvgIpc) is 2.47. The number of halogens is 1. The Labute approximate surface area is 127 Å². The Morgan fingerprint density at radius 3 is 2.35 bits per heavy atom. The van der Waals surface area contributed by atoms with Gasteiger partial charge in [-0.2, -0.15) is 0 Å². The third-order valence-corrected chi connectivity index (χ3v) is 3.50. The van der Waals surface area contributed by atoms with Crippen LogP contribution < -0.4 is 15.2 Å². The van der Waals surface area contributed by atoms with E-state index in [1.807, 2.05) is 42.5 Å². The fourth-order valence-electron chi connectivity index (χ4n) is 1.90. The molecule has 0 fully saturated rings. The molecule has 0 saturated carbocycles. The molecule has 3 nitrogen and oxygen atoms in total. The zero-order chi connectivity index (χ0) is 14.4. The number of ether oxygens (including phenoxy) is 2. The van der Waals surface area contributed by atoms with E-state index in [-0.39, 0.29) is 0 Å². The number of benzene rings is 2. The fraction of sp³-hybridized carbons (Fsp3) is 0.250. The SMILES string of the molecule is COc1ccc(CCN)cc1OCc1ccc(Br)cc1. The predicted octanol–water partition coefficient (Wildman–Crippen LogP) is 3.54. The Morgan fingerprint density at radius 2 is 1.70 bits per heavy atom. The van der Waals surface area contributed by atoms with Gasteiger partial charge in [-0.05, 0) is 48.4 Å². The second kappa shape index (κ2) is 7.31. The number of methoxy groups -OCH3 is 1. The van der Waals surface area contributed by atoms with Crippen LogP contribution in [0.25, 0.3) is 0 Å². The standard InChI is InChI=1S/C16H18BrNO2/c1-19-15-7-4-12(8-9-18)10-16(15)20-11-13-2-5-14(17)6-3-13/h2-7,10H,8-9,11,18H2,1H3. The smallest absolute Gasteiger partial charge is 0.161 e. The highest BCUT2D eigenvalue weighted by Gasteiger charge is 2.06. The van der Waals surface area contributed by atoms with E-state index in [9.17, 15) is 0 Å². The summed E-state index contributed by atoms with van der Waals surface area (Å²) in [5.41, 5.74) is 7.85. The van der Waals surface area contributed by atoms with E-state index in [2.05, 4.69) is 15.9 Å². The minimum absolute atomic E-state index is 0.510. The molecule has 0 atom stereocenters. The van der Waals surface area contributed by atoms with Crippen LogP contribution in [0.5, 0.6) is 11.5 Å². The predicted molar refractivity (Wildman–Crippen MR) is 84.2 cm³/mol. The van der Waals surface area contributed by atoms with Crippen molar-refractivity contribution >= 4 is 15.9 Å². The van der Waals surface area contributed by atoms with Crippen molar-refractivity contribution in [2.75, 3.05) is 13.7 Å². The van der Waals surface area contributed by atoms with Crippen molar-refractivity contribution in [3.63, 3.8) is 0 Å². The molecule has 106 valence electrons. The third kappa shape index (κ3) is 3.99. The van der Waals surface area contributed by atoms with Gasteiger partial charge in [0, 0.05) is 4.47 Å². The van der Waals surface area contributed by atoms with Gasteiger partial charge >= 0.3 is 0 Å². The normalized spacial score (nSPS) is 10.3. The molecule has 2 aromatic rings. The van der Waals surface area contributed by atoms with E-state index in [1.165, 1.54) is 0 Å². The minimum atomic E-state index is 0.510. The van der Waals surface area contributed by atoms with Gasteiger partial charge in [0.05, 0.1) is 7.11 Å². The van der Waals surface area contributed by atoms with E-state index >= 15 is 0 Å². The molecule has 0 aliphatic rings. The fourth-order valence-corrected chi connectivity index (χ4v) is 2.16. The molecule has 0 heterocycles. The summed E-state index contributed by atoms with van der Waals surface area (Å²) in [6.07, 6.45) is 0.832. The van der Waals surface area contributed by atoms with E-state index < -0.39 is 0 Å². The van der Waals surface area contributed by atoms with Gasteiger partial charge in [-0.1, -0.05) is 34.1 Å². The van der Waals surface area contributed by atoms with Gasteiger partial charge in [-0.3, -0.25) is 0 Å². The van der Waals surface area contributed by atoms with Crippen LogP contribution in [-0.2, 0) is 13.0 Å². The first-order valence-electron chi connectivity index (χ1n) is 6.47. The lowest BCUT2D eigenvalue weighted by Gasteiger charge is -2.12. The van der Waals surface area contributed by atoms with Crippen LogP contribution in [0.2, 0.25) is 0 Å². The van der Waals surface area contributed by atoms with Crippen molar-refractivity contribution in [3.05, 3.63) is 58.1 Å². The number of hydrogen-bond acceptors (Lipinski definition) is 3. The van der Waals surface area contributed by atoms with Gasteiger partial charge in [0.2, 0.25) is 0 Å². The lowest BCUT2D eigenvalue weighted by Crippen LogP contribution is -2.04. The zero-order valence-electron chi connectivity index (χ0n) is 11.4. The van der Waals surface area contributed by atoms with Crippen LogP contribution in [0.4, 0.5) is 0 Å². The quantitative estimate of drug-likeness (QED) is 0.878. The minimum Gasteiger partial charge on any atom is -0.493 e. The largest absolute Gasteiger partial charge is 0.493 e. The maximum Gasteiger partial charge on any atom is 0.161 e. The Kier molecular flexibility index (Phi) is 5.44. The van der Waals surface area contributed by atoms with Crippen molar-refractivity contribution < 1.29 is 9.47 Å². The first kappa shape index (κ1) is 14.9. The molecule has 2 aromatic carbocycles. The summed E-state index contributed by atoms with van der Waals surface area (Å²) < 4.78 is 12.2. The van der Waals surface area contributed by atoms with Crippen LogP contribution in [0, 0.1) is 0 Å². The summed E-state index contributed by atoms with van der Waals surface area (Å²) in [7, 11) is 1.64. The molecule has 0 radical (unpaired) electrons. The zero-order valence-corrected chi connectivity index (χ0v) is 13.0. The molecule has 0 aromatic heterocycles. The summed E-state index contributed by atoms with van der Waals surface area (Å²) in [6, 6.07) is 14.0. The molecule has 0 bridgehead atoms. The van der Waals surface area contributed by atoms with Gasteiger partial charge in [0.15, 0.2) is 11.5 Å². The molecule has 0 unspecified atom stereocenters. The average molecular weight is 336 g/mol. The molecule has 0 aliphatic carbocycles. The van der Waals surface area contributed by atoms with Gasteiger partial charge in [0.25, 0.3) is 0 Å². The highest BCUT2D eigenvalue weighted by atomic mass is 79.9. The van der Waals surface area contributed by atoms with E-state index in [0.717, 1.165) is 33.5 Å². The van der Waals surface area contributed by atoms with Crippen LogP contribution >= 0.6 is 15.9 Å². The number of rotatable bonds is 6. The van der Waals surface area contributed by atoms with E-state index in [1.54, 1.807) is 7.11 Å². The Balaban J connectivity index is 2.10. The molecule has 0 amide bonds. The summed E-state index contributed by atoms with van der Waals surface area (Å²) in [4.78, 5) is 0. The topological polar surface area (TPSA) is 44.5 Å². The molecule has 4 heteroatoms. The van der Waals surface area contributed by atoms with Crippen molar-refractivity contribution in [1.29, 1.82) is 0 Å². The summed E-state index contributed by atoms with van der Waals surface area (Å²) in [5, 5.41) is 0. The van der Waals surface area contributed by atoms with Crippen molar-refractivity contribution in [3.8, 4) is 11.5 Å². The Morgan fingerprint density at radius 1 is 1.00 bits per heavy atom. The van der Waals surface area contributed by atoms with Crippen LogP contribution in [0.3, 0.4) is 0 Å². The molecule has 20 heavy (non-hydrogen) atoms. The molecule has 2 rings (SSSR count). The monoisotopic (exact) mass is 335 g/mol. The molecule has 0 aliphatic heterocycles. The number of hydrogen-bond donors (Lipinski definition) is 1.